The van der Waals surface area contributed by atoms with E-state index in [0.717, 1.165) is 37.5 Å². The molecule has 5 heteroatoms. The molecule has 0 unspecified atom stereocenters. The number of halogens is 1. The van der Waals surface area contributed by atoms with E-state index in [1.807, 2.05) is 12.1 Å². The highest BCUT2D eigenvalue weighted by Crippen LogP contribution is 2.12. The van der Waals surface area contributed by atoms with Crippen molar-refractivity contribution < 1.29 is 4.74 Å². The van der Waals surface area contributed by atoms with Crippen LogP contribution in [0.15, 0.2) is 41.4 Å². The summed E-state index contributed by atoms with van der Waals surface area (Å²) in [6.45, 7) is 1.14. The first kappa shape index (κ1) is 19.4. The van der Waals surface area contributed by atoms with Gasteiger partial charge in [-0.15, -0.1) is 30.4 Å². The Balaban J connectivity index is 0.00000264. The molecule has 2 N–H and O–H groups in total. The molecule has 0 aromatic heterocycles. The summed E-state index contributed by atoms with van der Waals surface area (Å²) in [5.74, 6) is 4.13. The minimum atomic E-state index is 0. The third-order valence-electron chi connectivity index (χ3n) is 3.52. The van der Waals surface area contributed by atoms with Crippen LogP contribution in [0.3, 0.4) is 0 Å². The fourth-order valence-corrected chi connectivity index (χ4v) is 2.33. The molecule has 0 spiro atoms. The van der Waals surface area contributed by atoms with Crippen molar-refractivity contribution in [2.45, 2.75) is 25.3 Å². The summed E-state index contributed by atoms with van der Waals surface area (Å²) < 4.78 is 5.36. The second-order valence-corrected chi connectivity index (χ2v) is 5.17. The van der Waals surface area contributed by atoms with Gasteiger partial charge in [0.25, 0.3) is 0 Å². The molecule has 0 bridgehead atoms. The SMILES string of the molecule is C#CCOc1ccc(CCNC(=NC)NC2CC=CC2)cc1.I. The lowest BCUT2D eigenvalue weighted by Crippen LogP contribution is -2.43. The van der Waals surface area contributed by atoms with Crippen molar-refractivity contribution in [2.24, 2.45) is 4.99 Å². The normalized spacial score (nSPS) is 14.0. The van der Waals surface area contributed by atoms with Crippen molar-refractivity contribution in [1.29, 1.82) is 0 Å². The molecule has 23 heavy (non-hydrogen) atoms. The largest absolute Gasteiger partial charge is 0.481 e. The number of rotatable bonds is 6. The van der Waals surface area contributed by atoms with E-state index in [-0.39, 0.29) is 24.0 Å². The molecule has 1 aliphatic rings. The van der Waals surface area contributed by atoms with E-state index in [0.29, 0.717) is 12.6 Å². The first-order valence-electron chi connectivity index (χ1n) is 7.59. The van der Waals surface area contributed by atoms with E-state index in [2.05, 4.69) is 45.8 Å². The molecule has 124 valence electrons. The summed E-state index contributed by atoms with van der Waals surface area (Å²) in [5.41, 5.74) is 1.25. The number of ether oxygens (including phenoxy) is 1. The van der Waals surface area contributed by atoms with E-state index in [4.69, 9.17) is 11.2 Å². The topological polar surface area (TPSA) is 45.6 Å². The Morgan fingerprint density at radius 1 is 1.30 bits per heavy atom. The van der Waals surface area contributed by atoms with Gasteiger partial charge in [-0.3, -0.25) is 4.99 Å². The number of benzene rings is 1. The summed E-state index contributed by atoms with van der Waals surface area (Å²) in [4.78, 5) is 4.26. The third-order valence-corrected chi connectivity index (χ3v) is 3.52. The van der Waals surface area contributed by atoms with Crippen molar-refractivity contribution >= 4 is 29.9 Å². The average molecular weight is 425 g/mol. The first-order chi connectivity index (χ1) is 10.8. The molecule has 0 fully saturated rings. The number of nitrogens with zero attached hydrogens (tertiary/aromatic N) is 1. The molecule has 0 radical (unpaired) electrons. The van der Waals surface area contributed by atoms with Gasteiger partial charge >= 0.3 is 0 Å². The third kappa shape index (κ3) is 6.95. The fourth-order valence-electron chi connectivity index (χ4n) is 2.33. The molecule has 0 aliphatic heterocycles. The van der Waals surface area contributed by atoms with Crippen molar-refractivity contribution in [2.75, 3.05) is 20.2 Å². The predicted molar refractivity (Wildman–Crippen MR) is 107 cm³/mol. The van der Waals surface area contributed by atoms with Gasteiger partial charge in [0.2, 0.25) is 0 Å². The van der Waals surface area contributed by atoms with E-state index >= 15 is 0 Å². The number of terminal acetylenes is 1. The van der Waals surface area contributed by atoms with Crippen LogP contribution in [0, 0.1) is 12.3 Å². The standard InChI is InChI=1S/C18H23N3O.HI/c1-3-14-22-17-10-8-15(9-11-17)12-13-20-18(19-2)21-16-6-4-5-7-16;/h1,4-5,8-11,16H,6-7,12-14H2,2H3,(H2,19,20,21);1H. The summed E-state index contributed by atoms with van der Waals surface area (Å²) >= 11 is 0. The second kappa shape index (κ2) is 10.9. The smallest absolute Gasteiger partial charge is 0.191 e. The van der Waals surface area contributed by atoms with Crippen LogP contribution in [0.25, 0.3) is 0 Å². The van der Waals surface area contributed by atoms with Crippen LogP contribution in [-0.2, 0) is 6.42 Å². The second-order valence-electron chi connectivity index (χ2n) is 5.17. The van der Waals surface area contributed by atoms with Gasteiger partial charge in [0, 0.05) is 19.6 Å². The van der Waals surface area contributed by atoms with E-state index < -0.39 is 0 Å². The van der Waals surface area contributed by atoms with E-state index in [9.17, 15) is 0 Å². The van der Waals surface area contributed by atoms with Gasteiger partial charge in [-0.1, -0.05) is 30.2 Å². The van der Waals surface area contributed by atoms with Gasteiger partial charge < -0.3 is 15.4 Å². The zero-order valence-electron chi connectivity index (χ0n) is 13.4. The lowest BCUT2D eigenvalue weighted by molar-refractivity contribution is 0.370. The van der Waals surface area contributed by atoms with Gasteiger partial charge in [0.1, 0.15) is 12.4 Å². The molecule has 1 aliphatic carbocycles. The lowest BCUT2D eigenvalue weighted by atomic mass is 10.1. The van der Waals surface area contributed by atoms with Gasteiger partial charge in [0.15, 0.2) is 5.96 Å². The highest BCUT2D eigenvalue weighted by Gasteiger charge is 2.11. The molecule has 0 saturated carbocycles. The zero-order chi connectivity index (χ0) is 15.6. The van der Waals surface area contributed by atoms with E-state index in [1.54, 1.807) is 7.05 Å². The molecule has 0 saturated heterocycles. The number of hydrogen-bond acceptors (Lipinski definition) is 2. The summed E-state index contributed by atoms with van der Waals surface area (Å²) in [5, 5.41) is 6.77. The van der Waals surface area contributed by atoms with Gasteiger partial charge in [0.05, 0.1) is 0 Å². The number of nitrogens with one attached hydrogen (secondary N) is 2. The predicted octanol–water partition coefficient (Wildman–Crippen LogP) is 2.74. The highest BCUT2D eigenvalue weighted by molar-refractivity contribution is 14.0. The van der Waals surface area contributed by atoms with Crippen LogP contribution in [-0.4, -0.2) is 32.2 Å². The lowest BCUT2D eigenvalue weighted by Gasteiger charge is -2.16. The monoisotopic (exact) mass is 425 g/mol. The molecule has 1 aromatic rings. The fraction of sp³-hybridized carbons (Fsp3) is 0.389. The molecule has 0 amide bonds. The van der Waals surface area contributed by atoms with Crippen LogP contribution in [0.2, 0.25) is 0 Å². The molecule has 2 rings (SSSR count). The van der Waals surface area contributed by atoms with Crippen molar-refractivity contribution in [3.8, 4) is 18.1 Å². The molecular weight excluding hydrogens is 401 g/mol. The van der Waals surface area contributed by atoms with Gasteiger partial charge in [-0.05, 0) is 37.0 Å². The van der Waals surface area contributed by atoms with Crippen molar-refractivity contribution in [3.05, 3.63) is 42.0 Å². The van der Waals surface area contributed by atoms with E-state index in [1.165, 1.54) is 5.56 Å². The maximum atomic E-state index is 5.36. The number of aliphatic imine (C=N–C) groups is 1. The molecule has 0 heterocycles. The van der Waals surface area contributed by atoms with Gasteiger partial charge in [-0.25, -0.2) is 0 Å². The Kier molecular flexibility index (Phi) is 9.22. The summed E-state index contributed by atoms with van der Waals surface area (Å²) in [6, 6.07) is 8.49. The van der Waals surface area contributed by atoms with Crippen LogP contribution in [0.4, 0.5) is 0 Å². The number of hydrogen-bond donors (Lipinski definition) is 2. The Bertz CT molecular complexity index is 553. The quantitative estimate of drug-likeness (QED) is 0.242. The van der Waals surface area contributed by atoms with Crippen molar-refractivity contribution in [1.82, 2.24) is 10.6 Å². The minimum absolute atomic E-state index is 0. The van der Waals surface area contributed by atoms with Gasteiger partial charge in [-0.2, -0.15) is 0 Å². The van der Waals surface area contributed by atoms with Crippen LogP contribution in [0.1, 0.15) is 18.4 Å². The Morgan fingerprint density at radius 2 is 2.00 bits per heavy atom. The Labute approximate surface area is 155 Å². The number of guanidine groups is 1. The van der Waals surface area contributed by atoms with Crippen LogP contribution < -0.4 is 15.4 Å². The van der Waals surface area contributed by atoms with Crippen LogP contribution >= 0.6 is 24.0 Å². The molecular formula is C18H24IN3O. The summed E-state index contributed by atoms with van der Waals surface area (Å²) in [6.07, 6.45) is 12.6. The maximum absolute atomic E-state index is 5.36. The molecule has 4 nitrogen and oxygen atoms in total. The molecule has 0 atom stereocenters. The highest BCUT2D eigenvalue weighted by atomic mass is 127. The first-order valence-corrected chi connectivity index (χ1v) is 7.59. The molecule has 1 aromatic carbocycles. The Morgan fingerprint density at radius 3 is 2.61 bits per heavy atom. The average Bonchev–Trinajstić information content (AvgIpc) is 3.06. The van der Waals surface area contributed by atoms with Crippen LogP contribution in [0.5, 0.6) is 5.75 Å². The zero-order valence-corrected chi connectivity index (χ0v) is 15.7. The maximum Gasteiger partial charge on any atom is 0.191 e. The summed E-state index contributed by atoms with van der Waals surface area (Å²) in [7, 11) is 1.80. The van der Waals surface area contributed by atoms with Crippen molar-refractivity contribution in [3.63, 3.8) is 0 Å². The Hall–Kier alpha value is -1.68. The minimum Gasteiger partial charge on any atom is -0.481 e.